The number of likely N-dealkylation sites (tertiary alicyclic amines) is 1. The summed E-state index contributed by atoms with van der Waals surface area (Å²) in [7, 11) is 0. The van der Waals surface area contributed by atoms with Gasteiger partial charge in [-0.15, -0.1) is 0 Å². The van der Waals surface area contributed by atoms with Crippen molar-refractivity contribution < 1.29 is 0 Å². The molecule has 4 heteroatoms. The highest BCUT2D eigenvalue weighted by atomic mass is 35.5. The lowest BCUT2D eigenvalue weighted by atomic mass is 9.90. The molecule has 2 N–H and O–H groups in total. The third-order valence-electron chi connectivity index (χ3n) is 6.44. The van der Waals surface area contributed by atoms with Crippen molar-refractivity contribution >= 4 is 22.5 Å². The fraction of sp³-hybridized carbons (Fsp3) is 0.417. The summed E-state index contributed by atoms with van der Waals surface area (Å²) in [5, 5.41) is 6.12. The van der Waals surface area contributed by atoms with Gasteiger partial charge in [-0.2, -0.15) is 0 Å². The predicted molar refractivity (Wildman–Crippen MR) is 117 cm³/mol. The average molecular weight is 394 g/mol. The van der Waals surface area contributed by atoms with E-state index in [9.17, 15) is 0 Å². The first-order valence-electron chi connectivity index (χ1n) is 10.6. The first kappa shape index (κ1) is 18.2. The van der Waals surface area contributed by atoms with E-state index < -0.39 is 0 Å². The number of aromatic amines is 1. The molecule has 0 saturated carbocycles. The summed E-state index contributed by atoms with van der Waals surface area (Å²) in [6.45, 7) is 3.42. The van der Waals surface area contributed by atoms with Crippen molar-refractivity contribution in [3.63, 3.8) is 0 Å². The number of nitrogens with one attached hydrogen (secondary N) is 2. The smallest absolute Gasteiger partial charge is 0.0478 e. The van der Waals surface area contributed by atoms with E-state index in [1.165, 1.54) is 66.5 Å². The van der Waals surface area contributed by atoms with Gasteiger partial charge in [0.25, 0.3) is 0 Å². The minimum absolute atomic E-state index is 0.445. The van der Waals surface area contributed by atoms with Gasteiger partial charge in [-0.1, -0.05) is 41.9 Å². The Balaban J connectivity index is 1.24. The van der Waals surface area contributed by atoms with E-state index in [0.717, 1.165) is 18.0 Å². The van der Waals surface area contributed by atoms with Gasteiger partial charge in [-0.05, 0) is 74.5 Å². The second-order valence-corrected chi connectivity index (χ2v) is 8.79. The molecule has 0 amide bonds. The zero-order valence-electron chi connectivity index (χ0n) is 16.3. The Morgan fingerprint density at radius 1 is 1.04 bits per heavy atom. The second kappa shape index (κ2) is 7.90. The van der Waals surface area contributed by atoms with Crippen LogP contribution in [0.25, 0.3) is 10.9 Å². The van der Waals surface area contributed by atoms with Crippen molar-refractivity contribution in [2.75, 3.05) is 13.1 Å². The monoisotopic (exact) mass is 393 g/mol. The molecule has 28 heavy (non-hydrogen) atoms. The number of nitrogens with zero attached hydrogens (tertiary/aromatic N) is 1. The number of fused-ring (bicyclic) bond motifs is 3. The van der Waals surface area contributed by atoms with E-state index >= 15 is 0 Å². The summed E-state index contributed by atoms with van der Waals surface area (Å²) in [4.78, 5) is 6.28. The highest BCUT2D eigenvalue weighted by Gasteiger charge is 2.28. The maximum absolute atomic E-state index is 6.25. The van der Waals surface area contributed by atoms with E-state index in [1.807, 2.05) is 6.07 Å². The van der Waals surface area contributed by atoms with Crippen LogP contribution in [0.1, 0.15) is 48.5 Å². The third kappa shape index (κ3) is 3.71. The molecule has 2 aliphatic rings. The number of rotatable bonds is 4. The minimum Gasteiger partial charge on any atom is -0.357 e. The minimum atomic E-state index is 0.445. The van der Waals surface area contributed by atoms with E-state index in [-0.39, 0.29) is 0 Å². The Kier molecular flexibility index (Phi) is 5.15. The van der Waals surface area contributed by atoms with E-state index in [4.69, 9.17) is 11.6 Å². The first-order chi connectivity index (χ1) is 13.8. The molecule has 3 nitrogen and oxygen atoms in total. The van der Waals surface area contributed by atoms with Crippen LogP contribution in [-0.2, 0) is 13.0 Å². The lowest BCUT2D eigenvalue weighted by Crippen LogP contribution is -2.44. The fourth-order valence-electron chi connectivity index (χ4n) is 4.99. The molecule has 1 fully saturated rings. The molecule has 1 aliphatic carbocycles. The Hall–Kier alpha value is -1.81. The Labute approximate surface area is 172 Å². The lowest BCUT2D eigenvalue weighted by Gasteiger charge is -2.35. The Morgan fingerprint density at radius 2 is 1.86 bits per heavy atom. The molecule has 1 aliphatic heterocycles. The van der Waals surface area contributed by atoms with Gasteiger partial charge >= 0.3 is 0 Å². The van der Waals surface area contributed by atoms with Crippen LogP contribution in [0.15, 0.2) is 48.5 Å². The molecule has 1 aromatic heterocycles. The first-order valence-corrected chi connectivity index (χ1v) is 11.0. The van der Waals surface area contributed by atoms with Gasteiger partial charge in [-0.3, -0.25) is 4.90 Å². The molecule has 0 spiro atoms. The van der Waals surface area contributed by atoms with Crippen molar-refractivity contribution in [3.05, 3.63) is 70.4 Å². The maximum atomic E-state index is 6.25. The van der Waals surface area contributed by atoms with Gasteiger partial charge in [0, 0.05) is 40.2 Å². The molecule has 0 bridgehead atoms. The van der Waals surface area contributed by atoms with Gasteiger partial charge in [0.2, 0.25) is 0 Å². The number of aryl methyl sites for hydroxylation is 1. The van der Waals surface area contributed by atoms with Crippen LogP contribution in [0.4, 0.5) is 0 Å². The number of H-pyrrole nitrogens is 1. The largest absolute Gasteiger partial charge is 0.357 e. The molecular formula is C24H28ClN3. The summed E-state index contributed by atoms with van der Waals surface area (Å²) in [6.07, 6.45) is 6.08. The van der Waals surface area contributed by atoms with Crippen molar-refractivity contribution in [2.24, 2.45) is 0 Å². The van der Waals surface area contributed by atoms with Crippen molar-refractivity contribution in [1.29, 1.82) is 0 Å². The van der Waals surface area contributed by atoms with Crippen molar-refractivity contribution in [3.8, 4) is 0 Å². The number of piperidine rings is 1. The SMILES string of the molecule is Clc1ccc2[nH]c3c(c2c1)CCCC3NC1CCN(Cc2ccccc2)CC1. The molecule has 1 atom stereocenters. The van der Waals surface area contributed by atoms with Crippen molar-refractivity contribution in [2.45, 2.75) is 50.7 Å². The second-order valence-electron chi connectivity index (χ2n) is 8.35. The van der Waals surface area contributed by atoms with E-state index in [0.29, 0.717) is 12.1 Å². The van der Waals surface area contributed by atoms with Crippen LogP contribution in [0.2, 0.25) is 5.02 Å². The normalized spacial score (nSPS) is 21.1. The van der Waals surface area contributed by atoms with E-state index in [2.05, 4.69) is 57.7 Å². The van der Waals surface area contributed by atoms with Gasteiger partial charge < -0.3 is 10.3 Å². The summed E-state index contributed by atoms with van der Waals surface area (Å²) in [6, 6.07) is 18.1. The summed E-state index contributed by atoms with van der Waals surface area (Å²) >= 11 is 6.25. The molecule has 5 rings (SSSR count). The van der Waals surface area contributed by atoms with Gasteiger partial charge in [-0.25, -0.2) is 0 Å². The van der Waals surface area contributed by atoms with Crippen LogP contribution in [0, 0.1) is 0 Å². The summed E-state index contributed by atoms with van der Waals surface area (Å²) in [5.74, 6) is 0. The Bertz CT molecular complexity index is 941. The fourth-order valence-corrected chi connectivity index (χ4v) is 5.16. The zero-order chi connectivity index (χ0) is 18.9. The molecule has 1 saturated heterocycles. The average Bonchev–Trinajstić information content (AvgIpc) is 3.09. The quantitative estimate of drug-likeness (QED) is 0.617. The van der Waals surface area contributed by atoms with Gasteiger partial charge in [0.1, 0.15) is 0 Å². The molecule has 1 unspecified atom stereocenters. The van der Waals surface area contributed by atoms with Crippen LogP contribution in [0.3, 0.4) is 0 Å². The molecule has 0 radical (unpaired) electrons. The number of hydrogen-bond donors (Lipinski definition) is 2. The van der Waals surface area contributed by atoms with Crippen LogP contribution >= 0.6 is 11.6 Å². The number of halogens is 1. The number of benzene rings is 2. The van der Waals surface area contributed by atoms with Crippen LogP contribution in [-0.4, -0.2) is 29.0 Å². The van der Waals surface area contributed by atoms with Crippen LogP contribution in [0.5, 0.6) is 0 Å². The zero-order valence-corrected chi connectivity index (χ0v) is 17.0. The highest BCUT2D eigenvalue weighted by Crippen LogP contribution is 2.36. The summed E-state index contributed by atoms with van der Waals surface area (Å²) < 4.78 is 0. The van der Waals surface area contributed by atoms with Gasteiger partial charge in [0.15, 0.2) is 0 Å². The predicted octanol–water partition coefficient (Wildman–Crippen LogP) is 5.45. The summed E-state index contributed by atoms with van der Waals surface area (Å²) in [5.41, 5.74) is 5.52. The topological polar surface area (TPSA) is 31.1 Å². The molecule has 146 valence electrons. The lowest BCUT2D eigenvalue weighted by molar-refractivity contribution is 0.181. The number of aromatic nitrogens is 1. The highest BCUT2D eigenvalue weighted by molar-refractivity contribution is 6.31. The molecule has 2 aromatic carbocycles. The molecule has 3 aromatic rings. The maximum Gasteiger partial charge on any atom is 0.0478 e. The van der Waals surface area contributed by atoms with E-state index in [1.54, 1.807) is 0 Å². The van der Waals surface area contributed by atoms with Crippen molar-refractivity contribution in [1.82, 2.24) is 15.2 Å². The standard InChI is InChI=1S/C24H28ClN3/c25-18-9-10-22-21(15-18)20-7-4-8-23(24(20)27-22)26-19-11-13-28(14-12-19)16-17-5-2-1-3-6-17/h1-3,5-6,9-10,15,19,23,26-27H,4,7-8,11-14,16H2. The number of hydrogen-bond acceptors (Lipinski definition) is 2. The molecular weight excluding hydrogens is 366 g/mol. The third-order valence-corrected chi connectivity index (χ3v) is 6.68. The molecule has 2 heterocycles. The van der Waals surface area contributed by atoms with Crippen LogP contribution < -0.4 is 5.32 Å². The van der Waals surface area contributed by atoms with Gasteiger partial charge in [0.05, 0.1) is 0 Å². The Morgan fingerprint density at radius 3 is 2.68 bits per heavy atom.